The van der Waals surface area contributed by atoms with Crippen molar-refractivity contribution in [2.24, 2.45) is 0 Å². The first-order chi connectivity index (χ1) is 12.1. The minimum atomic E-state index is -0.385. The predicted octanol–water partition coefficient (Wildman–Crippen LogP) is 2.63. The molecule has 0 radical (unpaired) electrons. The van der Waals surface area contributed by atoms with Crippen molar-refractivity contribution in [3.05, 3.63) is 42.0 Å². The second kappa shape index (κ2) is 7.34. The average Bonchev–Trinajstić information content (AvgIpc) is 2.62. The Balaban J connectivity index is 1.74. The number of nitriles is 1. The maximum Gasteiger partial charge on any atom is 0.133 e. The fourth-order valence-electron chi connectivity index (χ4n) is 3.07. The molecular weight excluding hydrogens is 319 g/mol. The van der Waals surface area contributed by atoms with Crippen LogP contribution in [0.5, 0.6) is 0 Å². The van der Waals surface area contributed by atoms with E-state index >= 15 is 0 Å². The molecule has 1 unspecified atom stereocenters. The van der Waals surface area contributed by atoms with E-state index in [1.165, 1.54) is 12.1 Å². The molecule has 1 saturated heterocycles. The molecule has 7 heteroatoms. The summed E-state index contributed by atoms with van der Waals surface area (Å²) in [6.07, 6.45) is 3.55. The zero-order valence-electron chi connectivity index (χ0n) is 14.4. The summed E-state index contributed by atoms with van der Waals surface area (Å²) in [5, 5.41) is 12.7. The lowest BCUT2D eigenvalue weighted by Crippen LogP contribution is -2.42. The third-order valence-corrected chi connectivity index (χ3v) is 4.30. The van der Waals surface area contributed by atoms with Gasteiger partial charge in [0.05, 0.1) is 11.3 Å². The van der Waals surface area contributed by atoms with Gasteiger partial charge in [-0.2, -0.15) is 5.26 Å². The van der Waals surface area contributed by atoms with Crippen LogP contribution in [0.15, 0.2) is 30.6 Å². The molecular formula is C18H21FN6. The molecule has 0 aliphatic carbocycles. The van der Waals surface area contributed by atoms with Crippen LogP contribution in [0, 0.1) is 17.1 Å². The molecule has 6 nitrogen and oxygen atoms in total. The van der Waals surface area contributed by atoms with Crippen molar-refractivity contribution in [2.45, 2.75) is 18.9 Å². The van der Waals surface area contributed by atoms with Gasteiger partial charge in [0.15, 0.2) is 0 Å². The molecule has 0 saturated carbocycles. The van der Waals surface area contributed by atoms with Crippen LogP contribution < -0.4 is 15.1 Å². The van der Waals surface area contributed by atoms with Gasteiger partial charge in [0.1, 0.15) is 29.8 Å². The molecule has 1 aromatic carbocycles. The first-order valence-corrected chi connectivity index (χ1v) is 8.27. The maximum absolute atomic E-state index is 13.4. The molecule has 1 N–H and O–H groups in total. The van der Waals surface area contributed by atoms with Crippen LogP contribution in [-0.2, 0) is 0 Å². The van der Waals surface area contributed by atoms with Crippen molar-refractivity contribution in [3.8, 4) is 6.07 Å². The highest BCUT2D eigenvalue weighted by atomic mass is 19.1. The maximum atomic E-state index is 13.4. The van der Waals surface area contributed by atoms with Crippen molar-refractivity contribution < 1.29 is 4.39 Å². The van der Waals surface area contributed by atoms with Gasteiger partial charge in [-0.15, -0.1) is 0 Å². The average molecular weight is 340 g/mol. The highest BCUT2D eigenvalue weighted by Crippen LogP contribution is 2.26. The number of nitrogens with zero attached hydrogens (tertiary/aromatic N) is 5. The van der Waals surface area contributed by atoms with Gasteiger partial charge in [-0.1, -0.05) is 0 Å². The Morgan fingerprint density at radius 1 is 1.32 bits per heavy atom. The van der Waals surface area contributed by atoms with Crippen LogP contribution in [-0.4, -0.2) is 43.2 Å². The number of halogens is 1. The Labute approximate surface area is 146 Å². The number of rotatable bonds is 4. The van der Waals surface area contributed by atoms with E-state index in [9.17, 15) is 9.65 Å². The van der Waals surface area contributed by atoms with Crippen molar-refractivity contribution in [1.82, 2.24) is 9.97 Å². The smallest absolute Gasteiger partial charge is 0.133 e. The first-order valence-electron chi connectivity index (χ1n) is 8.27. The molecule has 0 amide bonds. The van der Waals surface area contributed by atoms with Crippen LogP contribution in [0.2, 0.25) is 0 Å². The fraction of sp³-hybridized carbons (Fsp3) is 0.389. The highest BCUT2D eigenvalue weighted by Gasteiger charge is 2.22. The Bertz CT molecular complexity index is 785. The topological polar surface area (TPSA) is 68.1 Å². The quantitative estimate of drug-likeness (QED) is 0.923. The van der Waals surface area contributed by atoms with E-state index < -0.39 is 0 Å². The Hall–Kier alpha value is -2.88. The zero-order valence-corrected chi connectivity index (χ0v) is 14.4. The summed E-state index contributed by atoms with van der Waals surface area (Å²) >= 11 is 0. The third-order valence-electron chi connectivity index (χ3n) is 4.30. The van der Waals surface area contributed by atoms with Crippen LogP contribution in [0.25, 0.3) is 0 Å². The van der Waals surface area contributed by atoms with Gasteiger partial charge in [-0.3, -0.25) is 0 Å². The summed E-state index contributed by atoms with van der Waals surface area (Å²) < 4.78 is 13.4. The van der Waals surface area contributed by atoms with Gasteiger partial charge >= 0.3 is 0 Å². The number of nitrogens with one attached hydrogen (secondary N) is 1. The van der Waals surface area contributed by atoms with Crippen LogP contribution in [0.4, 0.5) is 21.7 Å². The molecule has 1 aliphatic rings. The number of piperidine rings is 1. The lowest BCUT2D eigenvalue weighted by Gasteiger charge is -2.35. The normalized spacial score (nSPS) is 17.0. The van der Waals surface area contributed by atoms with Crippen molar-refractivity contribution in [2.75, 3.05) is 42.3 Å². The number of aromatic nitrogens is 2. The molecule has 0 bridgehead atoms. The van der Waals surface area contributed by atoms with Crippen molar-refractivity contribution in [1.29, 1.82) is 5.26 Å². The van der Waals surface area contributed by atoms with Crippen LogP contribution in [0.3, 0.4) is 0 Å². The fourth-order valence-corrected chi connectivity index (χ4v) is 3.07. The van der Waals surface area contributed by atoms with E-state index in [0.29, 0.717) is 5.56 Å². The van der Waals surface area contributed by atoms with Crippen LogP contribution in [0.1, 0.15) is 18.4 Å². The van der Waals surface area contributed by atoms with E-state index in [4.69, 9.17) is 0 Å². The summed E-state index contributed by atoms with van der Waals surface area (Å²) in [4.78, 5) is 12.6. The first kappa shape index (κ1) is 17.0. The lowest BCUT2D eigenvalue weighted by molar-refractivity contribution is 0.528. The van der Waals surface area contributed by atoms with E-state index in [-0.39, 0.29) is 11.9 Å². The molecule has 3 rings (SSSR count). The zero-order chi connectivity index (χ0) is 17.8. The molecule has 1 atom stereocenters. The lowest BCUT2D eigenvalue weighted by atomic mass is 10.0. The minimum absolute atomic E-state index is 0.204. The Kier molecular flexibility index (Phi) is 4.98. The van der Waals surface area contributed by atoms with Gasteiger partial charge < -0.3 is 15.1 Å². The second-order valence-corrected chi connectivity index (χ2v) is 6.36. The largest absolute Gasteiger partial charge is 0.368 e. The molecule has 1 aliphatic heterocycles. The van der Waals surface area contributed by atoms with Gasteiger partial charge in [0, 0.05) is 39.3 Å². The van der Waals surface area contributed by atoms with Crippen molar-refractivity contribution in [3.63, 3.8) is 0 Å². The van der Waals surface area contributed by atoms with E-state index in [1.54, 1.807) is 12.4 Å². The summed E-state index contributed by atoms with van der Waals surface area (Å²) in [5.41, 5.74) is 1.16. The summed E-state index contributed by atoms with van der Waals surface area (Å²) in [6.45, 7) is 1.59. The molecule has 2 heterocycles. The van der Waals surface area contributed by atoms with Crippen LogP contribution >= 0.6 is 0 Å². The van der Waals surface area contributed by atoms with Gasteiger partial charge in [0.25, 0.3) is 0 Å². The molecule has 130 valence electrons. The molecule has 0 spiro atoms. The van der Waals surface area contributed by atoms with Crippen molar-refractivity contribution >= 4 is 17.3 Å². The van der Waals surface area contributed by atoms with Gasteiger partial charge in [-0.25, -0.2) is 14.4 Å². The minimum Gasteiger partial charge on any atom is -0.368 e. The standard InChI is InChI=1S/C18H21FN6/c1-24(2)18-9-17(21-12-22-18)23-15-4-3-7-25(11-15)16-6-5-14(19)8-13(16)10-20/h5-6,8-9,12,15H,3-4,7,11H2,1-2H3,(H,21,22,23). The number of benzene rings is 1. The molecule has 25 heavy (non-hydrogen) atoms. The molecule has 1 fully saturated rings. The Morgan fingerprint density at radius 2 is 2.16 bits per heavy atom. The Morgan fingerprint density at radius 3 is 2.92 bits per heavy atom. The summed E-state index contributed by atoms with van der Waals surface area (Å²) in [5.74, 6) is 1.24. The van der Waals surface area contributed by atoms with E-state index in [0.717, 1.165) is 43.3 Å². The summed E-state index contributed by atoms with van der Waals surface area (Å²) in [6, 6.07) is 8.59. The van der Waals surface area contributed by atoms with E-state index in [2.05, 4.69) is 26.3 Å². The predicted molar refractivity (Wildman–Crippen MR) is 96.3 cm³/mol. The van der Waals surface area contributed by atoms with Gasteiger partial charge in [-0.05, 0) is 31.0 Å². The molecule has 2 aromatic rings. The molecule has 1 aromatic heterocycles. The van der Waals surface area contributed by atoms with Gasteiger partial charge in [0.2, 0.25) is 0 Å². The third kappa shape index (κ3) is 3.97. The number of hydrogen-bond donors (Lipinski definition) is 1. The van der Waals surface area contributed by atoms with E-state index in [1.807, 2.05) is 25.1 Å². The number of anilines is 3. The second-order valence-electron chi connectivity index (χ2n) is 6.36. The SMILES string of the molecule is CN(C)c1cc(NC2CCCN(c3ccc(F)cc3C#N)C2)ncn1. The monoisotopic (exact) mass is 340 g/mol. The highest BCUT2D eigenvalue weighted by molar-refractivity contribution is 5.60. The number of hydrogen-bond acceptors (Lipinski definition) is 6. The summed E-state index contributed by atoms with van der Waals surface area (Å²) in [7, 11) is 3.87.